The Morgan fingerprint density at radius 2 is 2.38 bits per heavy atom. The molecule has 0 aromatic heterocycles. The molecule has 0 aliphatic carbocycles. The lowest BCUT2D eigenvalue weighted by atomic mass is 10.1. The van der Waals surface area contributed by atoms with E-state index in [0.717, 1.165) is 11.1 Å². The molecule has 0 bridgehead atoms. The summed E-state index contributed by atoms with van der Waals surface area (Å²) in [7, 11) is 0. The van der Waals surface area contributed by atoms with Gasteiger partial charge in [0.1, 0.15) is 11.9 Å². The number of hydrogen-bond donors (Lipinski definition) is 2. The van der Waals surface area contributed by atoms with Crippen molar-refractivity contribution in [3.8, 4) is 0 Å². The average Bonchev–Trinajstić information content (AvgIpc) is 2.70. The number of carbonyl (C=O) groups is 1. The summed E-state index contributed by atoms with van der Waals surface area (Å²) >= 11 is 1.50. The Morgan fingerprint density at radius 1 is 1.62 bits per heavy atom. The Hall–Kier alpha value is -1.07. The Bertz CT molecular complexity index is 424. The van der Waals surface area contributed by atoms with E-state index in [1.54, 1.807) is 6.07 Å². The third-order valence-corrected chi connectivity index (χ3v) is 3.85. The van der Waals surface area contributed by atoms with Crippen molar-refractivity contribution in [3.05, 3.63) is 35.1 Å². The van der Waals surface area contributed by atoms with Crippen LogP contribution in [0.2, 0.25) is 0 Å². The van der Waals surface area contributed by atoms with Crippen molar-refractivity contribution in [2.24, 2.45) is 0 Å². The third kappa shape index (κ3) is 2.20. The molecule has 1 fully saturated rings. The predicted molar refractivity (Wildman–Crippen MR) is 60.9 cm³/mol. The molecule has 86 valence electrons. The molecule has 1 aromatic carbocycles. The second-order valence-electron chi connectivity index (χ2n) is 3.77. The summed E-state index contributed by atoms with van der Waals surface area (Å²) in [4.78, 5) is 10.8. The molecule has 0 saturated carbocycles. The molecule has 5 heteroatoms. The fourth-order valence-electron chi connectivity index (χ4n) is 1.69. The molecule has 2 rings (SSSR count). The SMILES string of the molecule is Cc1ccc(F)cc1C1N[C@@H](C(=O)O)CS1. The van der Waals surface area contributed by atoms with Gasteiger partial charge in [0.25, 0.3) is 0 Å². The van der Waals surface area contributed by atoms with Crippen molar-refractivity contribution in [2.45, 2.75) is 18.3 Å². The van der Waals surface area contributed by atoms with Crippen LogP contribution in [0.3, 0.4) is 0 Å². The maximum Gasteiger partial charge on any atom is 0.321 e. The van der Waals surface area contributed by atoms with Crippen molar-refractivity contribution in [2.75, 3.05) is 5.75 Å². The van der Waals surface area contributed by atoms with Crippen LogP contribution in [0.4, 0.5) is 4.39 Å². The summed E-state index contributed by atoms with van der Waals surface area (Å²) in [5, 5.41) is 11.7. The van der Waals surface area contributed by atoms with Crippen molar-refractivity contribution < 1.29 is 14.3 Å². The number of aliphatic carboxylic acids is 1. The van der Waals surface area contributed by atoms with E-state index in [2.05, 4.69) is 5.32 Å². The molecule has 1 aliphatic heterocycles. The summed E-state index contributed by atoms with van der Waals surface area (Å²) in [6.07, 6.45) is 0. The highest BCUT2D eigenvalue weighted by molar-refractivity contribution is 7.99. The minimum absolute atomic E-state index is 0.128. The molecule has 1 saturated heterocycles. The number of aryl methyl sites for hydroxylation is 1. The van der Waals surface area contributed by atoms with E-state index >= 15 is 0 Å². The molecular weight excluding hydrogens is 229 g/mol. The molecule has 1 unspecified atom stereocenters. The van der Waals surface area contributed by atoms with E-state index in [1.807, 2.05) is 6.92 Å². The Kier molecular flexibility index (Phi) is 3.16. The topological polar surface area (TPSA) is 49.3 Å². The van der Waals surface area contributed by atoms with E-state index in [-0.39, 0.29) is 11.2 Å². The Labute approximate surface area is 97.0 Å². The number of carboxylic acids is 1. The van der Waals surface area contributed by atoms with Gasteiger partial charge in [0.2, 0.25) is 0 Å². The fourth-order valence-corrected chi connectivity index (χ4v) is 3.01. The highest BCUT2D eigenvalue weighted by atomic mass is 32.2. The van der Waals surface area contributed by atoms with Crippen molar-refractivity contribution in [3.63, 3.8) is 0 Å². The van der Waals surface area contributed by atoms with E-state index in [4.69, 9.17) is 5.11 Å². The standard InChI is InChI=1S/C11H12FNO2S/c1-6-2-3-7(12)4-8(6)10-13-9(5-16-10)11(14)15/h2-4,9-10,13H,5H2,1H3,(H,14,15)/t9-,10?/m1/s1. The zero-order valence-corrected chi connectivity index (χ0v) is 9.55. The van der Waals surface area contributed by atoms with Gasteiger partial charge in [-0.15, -0.1) is 11.8 Å². The van der Waals surface area contributed by atoms with Crippen molar-refractivity contribution in [1.82, 2.24) is 5.32 Å². The van der Waals surface area contributed by atoms with Gasteiger partial charge in [-0.05, 0) is 30.2 Å². The average molecular weight is 241 g/mol. The zero-order chi connectivity index (χ0) is 11.7. The van der Waals surface area contributed by atoms with Gasteiger partial charge in [-0.3, -0.25) is 10.1 Å². The lowest BCUT2D eigenvalue weighted by molar-refractivity contribution is -0.138. The first-order valence-electron chi connectivity index (χ1n) is 4.94. The highest BCUT2D eigenvalue weighted by Crippen LogP contribution is 2.34. The van der Waals surface area contributed by atoms with Crippen molar-refractivity contribution >= 4 is 17.7 Å². The fraction of sp³-hybridized carbons (Fsp3) is 0.364. The monoisotopic (exact) mass is 241 g/mol. The Morgan fingerprint density at radius 3 is 3.00 bits per heavy atom. The first kappa shape index (κ1) is 11.4. The van der Waals surface area contributed by atoms with Gasteiger partial charge < -0.3 is 5.11 Å². The maximum absolute atomic E-state index is 13.1. The van der Waals surface area contributed by atoms with Crippen LogP contribution >= 0.6 is 11.8 Å². The Balaban J connectivity index is 2.20. The quantitative estimate of drug-likeness (QED) is 0.830. The van der Waals surface area contributed by atoms with Crippen LogP contribution < -0.4 is 5.32 Å². The van der Waals surface area contributed by atoms with E-state index in [1.165, 1.54) is 23.9 Å². The molecule has 1 heterocycles. The van der Waals surface area contributed by atoms with E-state index in [9.17, 15) is 9.18 Å². The number of rotatable bonds is 2. The van der Waals surface area contributed by atoms with Gasteiger partial charge in [-0.2, -0.15) is 0 Å². The van der Waals surface area contributed by atoms with Gasteiger partial charge in [0.05, 0.1) is 5.37 Å². The smallest absolute Gasteiger partial charge is 0.321 e. The molecule has 3 nitrogen and oxygen atoms in total. The second kappa shape index (κ2) is 4.43. The number of nitrogens with one attached hydrogen (secondary N) is 1. The predicted octanol–water partition coefficient (Wildman–Crippen LogP) is 1.92. The van der Waals surface area contributed by atoms with Crippen LogP contribution in [0.5, 0.6) is 0 Å². The minimum Gasteiger partial charge on any atom is -0.480 e. The third-order valence-electron chi connectivity index (χ3n) is 2.60. The molecular formula is C11H12FNO2S. The molecule has 1 aromatic rings. The number of carboxylic acid groups (broad SMARTS) is 1. The first-order valence-corrected chi connectivity index (χ1v) is 5.99. The van der Waals surface area contributed by atoms with Crippen LogP contribution in [0.1, 0.15) is 16.5 Å². The van der Waals surface area contributed by atoms with Crippen LogP contribution in [0.25, 0.3) is 0 Å². The number of thioether (sulfide) groups is 1. The molecule has 0 radical (unpaired) electrons. The van der Waals surface area contributed by atoms with Crippen LogP contribution in [-0.4, -0.2) is 22.9 Å². The largest absolute Gasteiger partial charge is 0.480 e. The summed E-state index contributed by atoms with van der Waals surface area (Å²) in [6, 6.07) is 4.04. The maximum atomic E-state index is 13.1. The normalized spacial score (nSPS) is 24.6. The second-order valence-corrected chi connectivity index (χ2v) is 4.91. The molecule has 0 amide bonds. The molecule has 16 heavy (non-hydrogen) atoms. The van der Waals surface area contributed by atoms with Gasteiger partial charge >= 0.3 is 5.97 Å². The number of hydrogen-bond acceptors (Lipinski definition) is 3. The van der Waals surface area contributed by atoms with Gasteiger partial charge in [-0.1, -0.05) is 6.07 Å². The van der Waals surface area contributed by atoms with Crippen molar-refractivity contribution in [1.29, 1.82) is 0 Å². The van der Waals surface area contributed by atoms with Gasteiger partial charge in [0.15, 0.2) is 0 Å². The lowest BCUT2D eigenvalue weighted by Gasteiger charge is -2.14. The van der Waals surface area contributed by atoms with Crippen LogP contribution in [-0.2, 0) is 4.79 Å². The molecule has 2 atom stereocenters. The molecule has 1 aliphatic rings. The summed E-state index contributed by atoms with van der Waals surface area (Å²) in [5.74, 6) is -0.638. The summed E-state index contributed by atoms with van der Waals surface area (Å²) < 4.78 is 13.1. The minimum atomic E-state index is -0.857. The van der Waals surface area contributed by atoms with E-state index < -0.39 is 12.0 Å². The van der Waals surface area contributed by atoms with E-state index in [0.29, 0.717) is 5.75 Å². The summed E-state index contributed by atoms with van der Waals surface area (Å²) in [6.45, 7) is 1.89. The van der Waals surface area contributed by atoms with Gasteiger partial charge in [-0.25, -0.2) is 4.39 Å². The van der Waals surface area contributed by atoms with Crippen LogP contribution in [0.15, 0.2) is 18.2 Å². The zero-order valence-electron chi connectivity index (χ0n) is 8.74. The number of halogens is 1. The highest BCUT2D eigenvalue weighted by Gasteiger charge is 2.31. The molecule has 0 spiro atoms. The summed E-state index contributed by atoms with van der Waals surface area (Å²) in [5.41, 5.74) is 1.80. The lowest BCUT2D eigenvalue weighted by Crippen LogP contribution is -2.33. The number of benzene rings is 1. The van der Waals surface area contributed by atoms with Crippen LogP contribution in [0, 0.1) is 12.7 Å². The van der Waals surface area contributed by atoms with Gasteiger partial charge in [0, 0.05) is 5.75 Å². The molecule has 2 N–H and O–H groups in total. The first-order chi connectivity index (χ1) is 7.58.